The smallest absolute Gasteiger partial charge is 0.337 e. The highest BCUT2D eigenvalue weighted by molar-refractivity contribution is 5.74. The Kier molecular flexibility index (Phi) is 3.59. The van der Waals surface area contributed by atoms with E-state index >= 15 is 0 Å². The van der Waals surface area contributed by atoms with Crippen molar-refractivity contribution in [3.05, 3.63) is 35.6 Å². The van der Waals surface area contributed by atoms with Crippen LogP contribution in [-0.2, 0) is 9.53 Å². The number of ether oxygens (including phenoxy) is 1. The van der Waals surface area contributed by atoms with E-state index < -0.39 is 17.9 Å². The maximum Gasteiger partial charge on any atom is 0.337 e. The van der Waals surface area contributed by atoms with Gasteiger partial charge in [0.05, 0.1) is 0 Å². The number of carboxylic acids is 1. The van der Waals surface area contributed by atoms with Crippen molar-refractivity contribution in [2.45, 2.75) is 13.0 Å². The second-order valence-electron chi connectivity index (χ2n) is 2.73. The highest BCUT2D eigenvalue weighted by Gasteiger charge is 2.19. The number of rotatable bonds is 4. The lowest BCUT2D eigenvalue weighted by Crippen LogP contribution is -2.15. The summed E-state index contributed by atoms with van der Waals surface area (Å²) in [6.07, 6.45) is -1.09. The maximum absolute atomic E-state index is 12.8. The average molecular weight is 198 g/mol. The zero-order valence-corrected chi connectivity index (χ0v) is 7.74. The molecule has 0 heterocycles. The third-order valence-electron chi connectivity index (χ3n) is 1.71. The molecule has 0 saturated carbocycles. The van der Waals surface area contributed by atoms with Crippen molar-refractivity contribution in [1.29, 1.82) is 0 Å². The Morgan fingerprint density at radius 3 is 2.86 bits per heavy atom. The molecule has 0 radical (unpaired) electrons. The normalized spacial score (nSPS) is 12.4. The minimum absolute atomic E-state index is 0.271. The van der Waals surface area contributed by atoms with Crippen molar-refractivity contribution in [3.8, 4) is 0 Å². The largest absolute Gasteiger partial charge is 0.479 e. The van der Waals surface area contributed by atoms with E-state index in [0.29, 0.717) is 5.56 Å². The van der Waals surface area contributed by atoms with Crippen LogP contribution in [0, 0.1) is 5.82 Å². The molecule has 1 unspecified atom stereocenters. The minimum Gasteiger partial charge on any atom is -0.479 e. The van der Waals surface area contributed by atoms with E-state index in [0.717, 1.165) is 6.07 Å². The van der Waals surface area contributed by atoms with Gasteiger partial charge in [-0.3, -0.25) is 0 Å². The van der Waals surface area contributed by atoms with Gasteiger partial charge in [0.15, 0.2) is 6.10 Å². The predicted molar refractivity (Wildman–Crippen MR) is 48.4 cm³/mol. The molecule has 0 saturated heterocycles. The summed E-state index contributed by atoms with van der Waals surface area (Å²) in [6.45, 7) is 1.96. The molecule has 0 amide bonds. The summed E-state index contributed by atoms with van der Waals surface area (Å²) in [6, 6.07) is 5.40. The molecule has 76 valence electrons. The van der Waals surface area contributed by atoms with E-state index in [1.807, 2.05) is 0 Å². The average Bonchev–Trinajstić information content (AvgIpc) is 2.13. The molecule has 14 heavy (non-hydrogen) atoms. The molecule has 0 aromatic heterocycles. The summed E-state index contributed by atoms with van der Waals surface area (Å²) in [5.41, 5.74) is 0.319. The van der Waals surface area contributed by atoms with E-state index in [2.05, 4.69) is 0 Å². The van der Waals surface area contributed by atoms with Crippen LogP contribution in [0.25, 0.3) is 0 Å². The Balaban J connectivity index is 2.93. The van der Waals surface area contributed by atoms with E-state index in [9.17, 15) is 9.18 Å². The van der Waals surface area contributed by atoms with Crippen LogP contribution in [-0.4, -0.2) is 17.7 Å². The van der Waals surface area contributed by atoms with Crippen LogP contribution in [0.4, 0.5) is 4.39 Å². The molecule has 1 N–H and O–H groups in total. The van der Waals surface area contributed by atoms with Crippen molar-refractivity contribution in [1.82, 2.24) is 0 Å². The molecule has 3 nitrogen and oxygen atoms in total. The molecule has 0 aliphatic heterocycles. The molecule has 1 atom stereocenters. The van der Waals surface area contributed by atoms with Crippen LogP contribution in [0.3, 0.4) is 0 Å². The summed E-state index contributed by atoms with van der Waals surface area (Å²) in [4.78, 5) is 10.8. The maximum atomic E-state index is 12.8. The van der Waals surface area contributed by atoms with Crippen LogP contribution in [0.15, 0.2) is 24.3 Å². The molecule has 4 heteroatoms. The van der Waals surface area contributed by atoms with Crippen molar-refractivity contribution >= 4 is 5.97 Å². The number of halogens is 1. The molecule has 0 bridgehead atoms. The Labute approximate surface area is 81.1 Å². The van der Waals surface area contributed by atoms with Crippen LogP contribution in [0.2, 0.25) is 0 Å². The van der Waals surface area contributed by atoms with E-state index in [4.69, 9.17) is 9.84 Å². The number of aliphatic carboxylic acids is 1. The number of benzene rings is 1. The third kappa shape index (κ3) is 2.53. The highest BCUT2D eigenvalue weighted by Crippen LogP contribution is 2.18. The fourth-order valence-corrected chi connectivity index (χ4v) is 1.15. The van der Waals surface area contributed by atoms with Crippen molar-refractivity contribution in [2.75, 3.05) is 6.61 Å². The first kappa shape index (κ1) is 10.7. The standard InChI is InChI=1S/C10H11FO3/c1-2-14-9(10(12)13)7-4-3-5-8(11)6-7/h3-6,9H,2H2,1H3,(H,12,13). The van der Waals surface area contributed by atoms with Gasteiger partial charge in [-0.25, -0.2) is 9.18 Å². The third-order valence-corrected chi connectivity index (χ3v) is 1.71. The highest BCUT2D eigenvalue weighted by atomic mass is 19.1. The Hall–Kier alpha value is -1.42. The van der Waals surface area contributed by atoms with Crippen molar-refractivity contribution in [2.24, 2.45) is 0 Å². The molecule has 0 spiro atoms. The molecule has 1 rings (SSSR count). The second-order valence-corrected chi connectivity index (χ2v) is 2.73. The lowest BCUT2D eigenvalue weighted by molar-refractivity contribution is -0.150. The number of carbonyl (C=O) groups is 1. The van der Waals surface area contributed by atoms with Gasteiger partial charge in [0, 0.05) is 6.61 Å². The lowest BCUT2D eigenvalue weighted by atomic mass is 10.1. The van der Waals surface area contributed by atoms with Gasteiger partial charge in [0.1, 0.15) is 5.82 Å². The minimum atomic E-state index is -1.11. The summed E-state index contributed by atoms with van der Waals surface area (Å²) >= 11 is 0. The van der Waals surface area contributed by atoms with E-state index in [1.54, 1.807) is 6.92 Å². The summed E-state index contributed by atoms with van der Waals surface area (Å²) in [7, 11) is 0. The number of hydrogen-bond acceptors (Lipinski definition) is 2. The molecule has 1 aromatic rings. The SMILES string of the molecule is CCOC(C(=O)O)c1cccc(F)c1. The molecule has 1 aromatic carbocycles. The number of hydrogen-bond donors (Lipinski definition) is 1. The van der Waals surface area contributed by atoms with Crippen molar-refractivity contribution in [3.63, 3.8) is 0 Å². The molecule has 0 aliphatic rings. The summed E-state index contributed by atoms with van der Waals surface area (Å²) < 4.78 is 17.8. The quantitative estimate of drug-likeness (QED) is 0.804. The van der Waals surface area contributed by atoms with Crippen LogP contribution in [0.5, 0.6) is 0 Å². The monoisotopic (exact) mass is 198 g/mol. The van der Waals surface area contributed by atoms with Crippen molar-refractivity contribution < 1.29 is 19.0 Å². The first-order valence-corrected chi connectivity index (χ1v) is 4.25. The fourth-order valence-electron chi connectivity index (χ4n) is 1.15. The molecule has 0 fully saturated rings. The van der Waals surface area contributed by atoms with Gasteiger partial charge in [0.25, 0.3) is 0 Å². The fraction of sp³-hybridized carbons (Fsp3) is 0.300. The molecular weight excluding hydrogens is 187 g/mol. The van der Waals surface area contributed by atoms with Gasteiger partial charge in [-0.2, -0.15) is 0 Å². The Bertz CT molecular complexity index is 325. The lowest BCUT2D eigenvalue weighted by Gasteiger charge is -2.12. The van der Waals surface area contributed by atoms with Gasteiger partial charge in [0.2, 0.25) is 0 Å². The first-order valence-electron chi connectivity index (χ1n) is 4.25. The molecular formula is C10H11FO3. The topological polar surface area (TPSA) is 46.5 Å². The van der Waals surface area contributed by atoms with Crippen LogP contribution >= 0.6 is 0 Å². The zero-order valence-electron chi connectivity index (χ0n) is 7.74. The number of carboxylic acid groups (broad SMARTS) is 1. The van der Waals surface area contributed by atoms with Gasteiger partial charge in [-0.05, 0) is 24.6 Å². The van der Waals surface area contributed by atoms with Gasteiger partial charge >= 0.3 is 5.97 Å². The zero-order chi connectivity index (χ0) is 10.6. The Morgan fingerprint density at radius 1 is 1.64 bits per heavy atom. The summed E-state index contributed by atoms with van der Waals surface area (Å²) in [5.74, 6) is -1.58. The first-order chi connectivity index (χ1) is 6.65. The Morgan fingerprint density at radius 2 is 2.36 bits per heavy atom. The van der Waals surface area contributed by atoms with Crippen LogP contribution < -0.4 is 0 Å². The summed E-state index contributed by atoms with van der Waals surface area (Å²) in [5, 5.41) is 8.80. The van der Waals surface area contributed by atoms with Gasteiger partial charge in [-0.15, -0.1) is 0 Å². The van der Waals surface area contributed by atoms with E-state index in [-0.39, 0.29) is 6.61 Å². The van der Waals surface area contributed by atoms with Gasteiger partial charge in [-0.1, -0.05) is 12.1 Å². The van der Waals surface area contributed by atoms with E-state index in [1.165, 1.54) is 18.2 Å². The second kappa shape index (κ2) is 4.72. The predicted octanol–water partition coefficient (Wildman–Crippen LogP) is 1.99. The van der Waals surface area contributed by atoms with Gasteiger partial charge < -0.3 is 9.84 Å². The molecule has 0 aliphatic carbocycles. The van der Waals surface area contributed by atoms with Crippen LogP contribution in [0.1, 0.15) is 18.6 Å².